The fourth-order valence-electron chi connectivity index (χ4n) is 3.59. The molecule has 132 valence electrons. The van der Waals surface area contributed by atoms with Gasteiger partial charge in [-0.3, -0.25) is 0 Å². The summed E-state index contributed by atoms with van der Waals surface area (Å²) < 4.78 is 0. The van der Waals surface area contributed by atoms with Gasteiger partial charge >= 0.3 is 0 Å². The molecule has 1 aliphatic heterocycles. The lowest BCUT2D eigenvalue weighted by Gasteiger charge is -2.21. The third-order valence-electron chi connectivity index (χ3n) is 4.99. The first-order valence-electron chi connectivity index (χ1n) is 9.17. The van der Waals surface area contributed by atoms with Gasteiger partial charge in [0, 0.05) is 17.4 Å². The van der Waals surface area contributed by atoms with Crippen LogP contribution in [0.1, 0.15) is 24.4 Å². The molecule has 0 bridgehead atoms. The highest BCUT2D eigenvalue weighted by atomic mass is 32.1. The van der Waals surface area contributed by atoms with Crippen LogP contribution in [0.4, 0.5) is 5.13 Å². The average molecular weight is 369 g/mol. The summed E-state index contributed by atoms with van der Waals surface area (Å²) in [6.45, 7) is 0. The lowest BCUT2D eigenvalue weighted by atomic mass is 9.98. The summed E-state index contributed by atoms with van der Waals surface area (Å²) in [4.78, 5) is 4.90. The van der Waals surface area contributed by atoms with Gasteiger partial charge in [0.15, 0.2) is 0 Å². The summed E-state index contributed by atoms with van der Waals surface area (Å²) >= 11 is 1.66. The quantitative estimate of drug-likeness (QED) is 0.564. The highest BCUT2D eigenvalue weighted by molar-refractivity contribution is 7.14. The SMILES string of the molecule is C1=CCC(C2=NN(c3nc(-c4ccccc4)cs3)C(c3ccccc3)C2)=C1. The van der Waals surface area contributed by atoms with Crippen LogP contribution in [-0.2, 0) is 0 Å². The number of hydrazone groups is 1. The zero-order valence-corrected chi connectivity index (χ0v) is 15.6. The maximum atomic E-state index is 4.99. The maximum absolute atomic E-state index is 4.99. The Balaban J connectivity index is 1.51. The number of hydrogen-bond acceptors (Lipinski definition) is 4. The zero-order chi connectivity index (χ0) is 18.1. The molecule has 0 saturated heterocycles. The molecule has 1 atom stereocenters. The zero-order valence-electron chi connectivity index (χ0n) is 14.8. The van der Waals surface area contributed by atoms with Crippen LogP contribution < -0.4 is 5.01 Å². The fraction of sp³-hybridized carbons (Fsp3) is 0.130. The molecule has 2 aromatic carbocycles. The summed E-state index contributed by atoms with van der Waals surface area (Å²) in [5, 5.41) is 10.2. The Morgan fingerprint density at radius 1 is 0.963 bits per heavy atom. The second kappa shape index (κ2) is 6.97. The summed E-state index contributed by atoms with van der Waals surface area (Å²) in [5.41, 5.74) is 5.91. The first-order chi connectivity index (χ1) is 13.4. The number of nitrogens with zero attached hydrogens (tertiary/aromatic N) is 3. The van der Waals surface area contributed by atoms with E-state index in [-0.39, 0.29) is 6.04 Å². The van der Waals surface area contributed by atoms with Crippen molar-refractivity contribution in [3.8, 4) is 11.3 Å². The first-order valence-corrected chi connectivity index (χ1v) is 10.0. The van der Waals surface area contributed by atoms with Gasteiger partial charge in [-0.05, 0) is 17.6 Å². The Morgan fingerprint density at radius 3 is 2.48 bits per heavy atom. The number of rotatable bonds is 4. The Labute approximate surface area is 163 Å². The highest BCUT2D eigenvalue weighted by Gasteiger charge is 2.32. The molecular formula is C23H19N3S. The lowest BCUT2D eigenvalue weighted by Crippen LogP contribution is -2.18. The third-order valence-corrected chi connectivity index (χ3v) is 5.82. The van der Waals surface area contributed by atoms with Crippen molar-refractivity contribution in [1.82, 2.24) is 4.98 Å². The summed E-state index contributed by atoms with van der Waals surface area (Å²) in [6, 6.07) is 21.1. The van der Waals surface area contributed by atoms with Crippen LogP contribution in [0.2, 0.25) is 0 Å². The third kappa shape index (κ3) is 3.13. The number of aromatic nitrogens is 1. The number of anilines is 1. The predicted octanol–water partition coefficient (Wildman–Crippen LogP) is 6.00. The van der Waals surface area contributed by atoms with E-state index in [4.69, 9.17) is 10.1 Å². The number of allylic oxidation sites excluding steroid dienone is 4. The van der Waals surface area contributed by atoms with Gasteiger partial charge in [0.25, 0.3) is 0 Å². The minimum atomic E-state index is 0.192. The van der Waals surface area contributed by atoms with Crippen LogP contribution in [0.15, 0.2) is 94.9 Å². The number of benzene rings is 2. The van der Waals surface area contributed by atoms with E-state index in [1.807, 2.05) is 18.2 Å². The predicted molar refractivity (Wildman–Crippen MR) is 113 cm³/mol. The van der Waals surface area contributed by atoms with Crippen molar-refractivity contribution in [3.05, 3.63) is 95.4 Å². The Kier molecular flexibility index (Phi) is 4.18. The van der Waals surface area contributed by atoms with Crippen molar-refractivity contribution >= 4 is 22.2 Å². The van der Waals surface area contributed by atoms with Gasteiger partial charge in [0.2, 0.25) is 5.13 Å². The average Bonchev–Trinajstić information content (AvgIpc) is 3.49. The summed E-state index contributed by atoms with van der Waals surface area (Å²) in [5.74, 6) is 0. The normalized spacial score (nSPS) is 18.7. The molecule has 0 amide bonds. The van der Waals surface area contributed by atoms with Gasteiger partial charge < -0.3 is 0 Å². The second-order valence-corrected chi connectivity index (χ2v) is 7.56. The van der Waals surface area contributed by atoms with E-state index < -0.39 is 0 Å². The van der Waals surface area contributed by atoms with E-state index in [1.165, 1.54) is 16.8 Å². The Bertz CT molecular complexity index is 1030. The fourth-order valence-corrected chi connectivity index (χ4v) is 4.42. The molecule has 1 aliphatic carbocycles. The molecule has 1 aromatic heterocycles. The van der Waals surface area contributed by atoms with Crippen LogP contribution in [0, 0.1) is 0 Å². The minimum absolute atomic E-state index is 0.192. The van der Waals surface area contributed by atoms with Crippen LogP contribution in [0.3, 0.4) is 0 Å². The number of hydrogen-bond donors (Lipinski definition) is 0. The van der Waals surface area contributed by atoms with Crippen molar-refractivity contribution in [1.29, 1.82) is 0 Å². The molecule has 0 spiro atoms. The standard InChI is InChI=1S/C23H19N3S/c1-3-9-18(10-4-1)21-16-27-23(24-21)26-22(19-13-5-2-6-14-19)15-20(25-26)17-11-7-8-12-17/h1-11,13-14,16,22H,12,15H2. The van der Waals surface area contributed by atoms with Crippen molar-refractivity contribution in [2.75, 3.05) is 5.01 Å². The van der Waals surface area contributed by atoms with Gasteiger partial charge in [0.1, 0.15) is 0 Å². The molecule has 2 aliphatic rings. The Morgan fingerprint density at radius 2 is 1.74 bits per heavy atom. The van der Waals surface area contributed by atoms with Crippen molar-refractivity contribution in [2.24, 2.45) is 5.10 Å². The van der Waals surface area contributed by atoms with Crippen LogP contribution >= 0.6 is 11.3 Å². The molecule has 3 aromatic rings. The van der Waals surface area contributed by atoms with Gasteiger partial charge in [0.05, 0.1) is 17.4 Å². The highest BCUT2D eigenvalue weighted by Crippen LogP contribution is 2.40. The molecule has 3 nitrogen and oxygen atoms in total. The van der Waals surface area contributed by atoms with E-state index in [2.05, 4.69) is 71.1 Å². The van der Waals surface area contributed by atoms with Crippen LogP contribution in [0.5, 0.6) is 0 Å². The molecule has 4 heteroatoms. The molecular weight excluding hydrogens is 350 g/mol. The maximum Gasteiger partial charge on any atom is 0.207 e. The Hall–Kier alpha value is -2.98. The molecule has 0 saturated carbocycles. The van der Waals surface area contributed by atoms with Crippen LogP contribution in [-0.4, -0.2) is 10.7 Å². The monoisotopic (exact) mass is 369 g/mol. The van der Waals surface area contributed by atoms with Crippen LogP contribution in [0.25, 0.3) is 11.3 Å². The smallest absolute Gasteiger partial charge is 0.207 e. The molecule has 0 N–H and O–H groups in total. The molecule has 27 heavy (non-hydrogen) atoms. The van der Waals surface area contributed by atoms with E-state index in [1.54, 1.807) is 11.3 Å². The second-order valence-electron chi connectivity index (χ2n) is 6.73. The summed E-state index contributed by atoms with van der Waals surface area (Å²) in [7, 11) is 0. The molecule has 5 rings (SSSR count). The van der Waals surface area contributed by atoms with E-state index in [9.17, 15) is 0 Å². The van der Waals surface area contributed by atoms with Gasteiger partial charge in [-0.25, -0.2) is 9.99 Å². The van der Waals surface area contributed by atoms with Gasteiger partial charge in [-0.1, -0.05) is 78.9 Å². The lowest BCUT2D eigenvalue weighted by molar-refractivity contribution is 0.706. The molecule has 2 heterocycles. The summed E-state index contributed by atoms with van der Waals surface area (Å²) in [6.07, 6.45) is 8.38. The van der Waals surface area contributed by atoms with Crippen molar-refractivity contribution in [3.63, 3.8) is 0 Å². The van der Waals surface area contributed by atoms with E-state index in [0.717, 1.165) is 29.2 Å². The van der Waals surface area contributed by atoms with Crippen molar-refractivity contribution in [2.45, 2.75) is 18.9 Å². The van der Waals surface area contributed by atoms with Gasteiger partial charge in [-0.15, -0.1) is 11.3 Å². The first kappa shape index (κ1) is 16.2. The van der Waals surface area contributed by atoms with Gasteiger partial charge in [-0.2, -0.15) is 5.10 Å². The largest absolute Gasteiger partial charge is 0.231 e. The van der Waals surface area contributed by atoms with E-state index >= 15 is 0 Å². The molecule has 0 radical (unpaired) electrons. The van der Waals surface area contributed by atoms with Crippen molar-refractivity contribution < 1.29 is 0 Å². The molecule has 0 fully saturated rings. The molecule has 1 unspecified atom stereocenters. The topological polar surface area (TPSA) is 28.5 Å². The number of thiazole rings is 1. The minimum Gasteiger partial charge on any atom is -0.231 e. The van der Waals surface area contributed by atoms with E-state index in [0.29, 0.717) is 0 Å².